The first-order valence-corrected chi connectivity index (χ1v) is 8.74. The highest BCUT2D eigenvalue weighted by Gasteiger charge is 2.35. The summed E-state index contributed by atoms with van der Waals surface area (Å²) in [7, 11) is -2.10. The van der Waals surface area contributed by atoms with Gasteiger partial charge < -0.3 is 9.84 Å². The van der Waals surface area contributed by atoms with E-state index in [1.54, 1.807) is 13.8 Å². The van der Waals surface area contributed by atoms with Crippen LogP contribution >= 0.6 is 0 Å². The molecule has 2 atom stereocenters. The van der Waals surface area contributed by atoms with Gasteiger partial charge >= 0.3 is 5.97 Å². The van der Waals surface area contributed by atoms with Gasteiger partial charge in [-0.1, -0.05) is 0 Å². The van der Waals surface area contributed by atoms with Gasteiger partial charge in [0.25, 0.3) is 10.2 Å². The molecule has 1 rings (SSSR count). The van der Waals surface area contributed by atoms with Crippen molar-refractivity contribution in [1.29, 1.82) is 0 Å². The summed E-state index contributed by atoms with van der Waals surface area (Å²) < 4.78 is 32.4. The molecule has 0 aromatic heterocycles. The number of hydrogen-bond acceptors (Lipinski definition) is 5. The largest absolute Gasteiger partial charge is 0.466 e. The Hall–Kier alpha value is -0.700. The van der Waals surface area contributed by atoms with Crippen LogP contribution in [0.25, 0.3) is 0 Å². The third-order valence-corrected chi connectivity index (χ3v) is 5.54. The Morgan fingerprint density at radius 3 is 2.76 bits per heavy atom. The van der Waals surface area contributed by atoms with Crippen molar-refractivity contribution < 1.29 is 23.1 Å². The predicted molar refractivity (Wildman–Crippen MR) is 78.8 cm³/mol. The Morgan fingerprint density at radius 2 is 2.19 bits per heavy atom. The maximum atomic E-state index is 12.4. The van der Waals surface area contributed by atoms with E-state index in [4.69, 9.17) is 4.74 Å². The molecule has 1 aliphatic rings. The SMILES string of the molecule is CCOC(=O)C1CCCN(S(=O)(=O)N(C)CCC(C)O)C1. The van der Waals surface area contributed by atoms with E-state index < -0.39 is 22.2 Å². The van der Waals surface area contributed by atoms with Gasteiger partial charge in [0.1, 0.15) is 0 Å². The van der Waals surface area contributed by atoms with Crippen LogP contribution in [-0.4, -0.2) is 67.5 Å². The highest BCUT2D eigenvalue weighted by Crippen LogP contribution is 2.22. The fourth-order valence-electron chi connectivity index (χ4n) is 2.29. The van der Waals surface area contributed by atoms with Crippen LogP contribution in [0.4, 0.5) is 0 Å². The van der Waals surface area contributed by atoms with Crippen LogP contribution in [0.1, 0.15) is 33.1 Å². The zero-order valence-electron chi connectivity index (χ0n) is 13.0. The number of esters is 1. The van der Waals surface area contributed by atoms with Crippen molar-refractivity contribution in [3.63, 3.8) is 0 Å². The van der Waals surface area contributed by atoms with Crippen LogP contribution in [0.2, 0.25) is 0 Å². The molecule has 1 N–H and O–H groups in total. The van der Waals surface area contributed by atoms with Crippen molar-refractivity contribution in [1.82, 2.24) is 8.61 Å². The molecule has 0 aromatic rings. The van der Waals surface area contributed by atoms with Gasteiger partial charge in [0.05, 0.1) is 18.6 Å². The van der Waals surface area contributed by atoms with Crippen molar-refractivity contribution in [2.45, 2.75) is 39.2 Å². The zero-order valence-corrected chi connectivity index (χ0v) is 13.8. The normalized spacial score (nSPS) is 22.2. The molecule has 1 saturated heterocycles. The molecular weight excluding hydrogens is 296 g/mol. The van der Waals surface area contributed by atoms with Crippen LogP contribution in [-0.2, 0) is 19.7 Å². The zero-order chi connectivity index (χ0) is 16.0. The summed E-state index contributed by atoms with van der Waals surface area (Å²) in [6.07, 6.45) is 1.14. The van der Waals surface area contributed by atoms with Gasteiger partial charge in [-0.2, -0.15) is 17.0 Å². The smallest absolute Gasteiger partial charge is 0.310 e. The summed E-state index contributed by atoms with van der Waals surface area (Å²) in [5.41, 5.74) is 0. The van der Waals surface area contributed by atoms with Crippen LogP contribution in [0.5, 0.6) is 0 Å². The molecule has 0 bridgehead atoms. The molecule has 124 valence electrons. The van der Waals surface area contributed by atoms with Gasteiger partial charge in [0, 0.05) is 26.7 Å². The van der Waals surface area contributed by atoms with Crippen molar-refractivity contribution in [3.8, 4) is 0 Å². The second-order valence-corrected chi connectivity index (χ2v) is 7.45. The first kappa shape index (κ1) is 18.3. The number of aliphatic hydroxyl groups excluding tert-OH is 1. The number of carbonyl (C=O) groups is 1. The molecule has 1 heterocycles. The van der Waals surface area contributed by atoms with Gasteiger partial charge in [-0.25, -0.2) is 0 Å². The van der Waals surface area contributed by atoms with E-state index in [1.807, 2.05) is 0 Å². The Bertz CT molecular complexity index is 438. The van der Waals surface area contributed by atoms with Gasteiger partial charge in [0.15, 0.2) is 0 Å². The minimum atomic E-state index is -3.59. The third-order valence-electron chi connectivity index (χ3n) is 3.59. The minimum Gasteiger partial charge on any atom is -0.466 e. The van der Waals surface area contributed by atoms with E-state index >= 15 is 0 Å². The van der Waals surface area contributed by atoms with Crippen molar-refractivity contribution in [3.05, 3.63) is 0 Å². The number of piperidine rings is 1. The van der Waals surface area contributed by atoms with Gasteiger partial charge in [-0.15, -0.1) is 0 Å². The van der Waals surface area contributed by atoms with E-state index in [-0.39, 0.29) is 19.1 Å². The molecule has 0 amide bonds. The topological polar surface area (TPSA) is 87.2 Å². The molecule has 21 heavy (non-hydrogen) atoms. The van der Waals surface area contributed by atoms with Crippen molar-refractivity contribution >= 4 is 16.2 Å². The molecule has 2 unspecified atom stereocenters. The highest BCUT2D eigenvalue weighted by molar-refractivity contribution is 7.86. The Balaban J connectivity index is 2.67. The van der Waals surface area contributed by atoms with E-state index in [0.29, 0.717) is 32.4 Å². The fourth-order valence-corrected chi connectivity index (χ4v) is 3.74. The van der Waals surface area contributed by atoms with Gasteiger partial charge in [0.2, 0.25) is 0 Å². The summed E-state index contributed by atoms with van der Waals surface area (Å²) in [5.74, 6) is -0.720. The molecule has 0 aromatic carbocycles. The average molecular weight is 322 g/mol. The number of aliphatic hydroxyl groups is 1. The van der Waals surface area contributed by atoms with Crippen molar-refractivity contribution in [2.24, 2.45) is 5.92 Å². The number of nitrogens with zero attached hydrogens (tertiary/aromatic N) is 2. The lowest BCUT2D eigenvalue weighted by Crippen LogP contribution is -2.48. The van der Waals surface area contributed by atoms with Crippen LogP contribution < -0.4 is 0 Å². The van der Waals surface area contributed by atoms with Crippen LogP contribution in [0.15, 0.2) is 0 Å². The first-order chi connectivity index (χ1) is 9.78. The lowest BCUT2D eigenvalue weighted by Gasteiger charge is -2.33. The lowest BCUT2D eigenvalue weighted by molar-refractivity contribution is -0.149. The predicted octanol–water partition coefficient (Wildman–Crippen LogP) is 0.209. The Kier molecular flexibility index (Phi) is 7.05. The summed E-state index contributed by atoms with van der Waals surface area (Å²) in [4.78, 5) is 11.8. The number of ether oxygens (including phenoxy) is 1. The second-order valence-electron chi connectivity index (χ2n) is 5.42. The van der Waals surface area contributed by atoms with Gasteiger partial charge in [-0.05, 0) is 33.1 Å². The first-order valence-electron chi connectivity index (χ1n) is 7.35. The van der Waals surface area contributed by atoms with Crippen molar-refractivity contribution in [2.75, 3.05) is 33.3 Å². The minimum absolute atomic E-state index is 0.167. The second kappa shape index (κ2) is 8.07. The number of hydrogen-bond donors (Lipinski definition) is 1. The molecular formula is C13H26N2O5S. The van der Waals surface area contributed by atoms with Crippen LogP contribution in [0, 0.1) is 5.92 Å². The standard InChI is InChI=1S/C13H26N2O5S/c1-4-20-13(17)12-6-5-8-15(10-12)21(18,19)14(3)9-7-11(2)16/h11-12,16H,4-10H2,1-3H3. The Morgan fingerprint density at radius 1 is 1.52 bits per heavy atom. The summed E-state index contributed by atoms with van der Waals surface area (Å²) in [6, 6.07) is 0. The summed E-state index contributed by atoms with van der Waals surface area (Å²) in [6.45, 7) is 4.49. The molecule has 0 saturated carbocycles. The monoisotopic (exact) mass is 322 g/mol. The van der Waals surface area contributed by atoms with E-state index in [2.05, 4.69) is 0 Å². The summed E-state index contributed by atoms with van der Waals surface area (Å²) in [5, 5.41) is 9.25. The van der Waals surface area contributed by atoms with E-state index in [9.17, 15) is 18.3 Å². The maximum Gasteiger partial charge on any atom is 0.310 e. The molecule has 0 aliphatic carbocycles. The molecule has 8 heteroatoms. The molecule has 0 radical (unpaired) electrons. The molecule has 7 nitrogen and oxygen atoms in total. The number of rotatable bonds is 7. The third kappa shape index (κ3) is 5.21. The fraction of sp³-hybridized carbons (Fsp3) is 0.923. The maximum absolute atomic E-state index is 12.4. The van der Waals surface area contributed by atoms with E-state index in [1.165, 1.54) is 15.7 Å². The Labute approximate surface area is 127 Å². The quantitative estimate of drug-likeness (QED) is 0.677. The molecule has 1 aliphatic heterocycles. The van der Waals surface area contributed by atoms with E-state index in [0.717, 1.165) is 0 Å². The van der Waals surface area contributed by atoms with Gasteiger partial charge in [-0.3, -0.25) is 4.79 Å². The number of carbonyl (C=O) groups excluding carboxylic acids is 1. The molecule has 1 fully saturated rings. The molecule has 0 spiro atoms. The average Bonchev–Trinajstić information content (AvgIpc) is 2.45. The summed E-state index contributed by atoms with van der Waals surface area (Å²) >= 11 is 0. The highest BCUT2D eigenvalue weighted by atomic mass is 32.2. The van der Waals surface area contributed by atoms with Crippen LogP contribution in [0.3, 0.4) is 0 Å². The lowest BCUT2D eigenvalue weighted by atomic mass is 10.0.